The van der Waals surface area contributed by atoms with Gasteiger partial charge in [-0.3, -0.25) is 4.79 Å². The smallest absolute Gasteiger partial charge is 0.150 e. The van der Waals surface area contributed by atoms with Crippen LogP contribution >= 0.6 is 0 Å². The fraction of sp³-hybridized carbons (Fsp3) is 0.462. The summed E-state index contributed by atoms with van der Waals surface area (Å²) in [6.45, 7) is 3.08. The summed E-state index contributed by atoms with van der Waals surface area (Å²) >= 11 is 0. The Bertz CT molecular complexity index is 337. The van der Waals surface area contributed by atoms with Crippen LogP contribution in [0.2, 0.25) is 0 Å². The number of hydrogen-bond acceptors (Lipinski definition) is 2. The van der Waals surface area contributed by atoms with Gasteiger partial charge in [-0.2, -0.15) is 0 Å². The number of aldehydes is 1. The van der Waals surface area contributed by atoms with E-state index in [1.54, 1.807) is 0 Å². The lowest BCUT2D eigenvalue weighted by Gasteiger charge is -2.06. The molecular weight excluding hydrogens is 207 g/mol. The van der Waals surface area contributed by atoms with Gasteiger partial charge in [-0.15, -0.1) is 0 Å². The molecule has 0 N–H and O–H groups in total. The van der Waals surface area contributed by atoms with E-state index >= 15 is 0 Å². The Labute approximate surface area is 95.4 Å². The standard InChI is InChI=1S/C13H17FO2/c1-2-3-4-7-16-10-12-8-13(14)6-5-11(12)9-15/h5-6,8-9H,2-4,7,10H2,1H3. The molecule has 0 saturated carbocycles. The van der Waals surface area contributed by atoms with Crippen molar-refractivity contribution in [2.75, 3.05) is 6.61 Å². The Hall–Kier alpha value is -1.22. The van der Waals surface area contributed by atoms with E-state index in [2.05, 4.69) is 6.92 Å². The van der Waals surface area contributed by atoms with Gasteiger partial charge in [0.2, 0.25) is 0 Å². The van der Waals surface area contributed by atoms with Crippen LogP contribution in [-0.2, 0) is 11.3 Å². The van der Waals surface area contributed by atoms with Crippen LogP contribution < -0.4 is 0 Å². The van der Waals surface area contributed by atoms with Crippen molar-refractivity contribution in [3.05, 3.63) is 35.1 Å². The summed E-state index contributed by atoms with van der Waals surface area (Å²) in [5.41, 5.74) is 1.11. The van der Waals surface area contributed by atoms with Crippen molar-refractivity contribution in [2.24, 2.45) is 0 Å². The van der Waals surface area contributed by atoms with Gasteiger partial charge in [-0.25, -0.2) is 4.39 Å². The number of carbonyl (C=O) groups excluding carboxylic acids is 1. The highest BCUT2D eigenvalue weighted by molar-refractivity contribution is 5.77. The number of rotatable bonds is 7. The lowest BCUT2D eigenvalue weighted by Crippen LogP contribution is -1.99. The van der Waals surface area contributed by atoms with E-state index in [4.69, 9.17) is 4.74 Å². The largest absolute Gasteiger partial charge is 0.377 e. The molecule has 0 heterocycles. The average molecular weight is 224 g/mol. The number of ether oxygens (including phenoxy) is 1. The van der Waals surface area contributed by atoms with Gasteiger partial charge in [0.05, 0.1) is 6.61 Å². The predicted octanol–water partition coefficient (Wildman–Crippen LogP) is 3.35. The van der Waals surface area contributed by atoms with E-state index in [1.165, 1.54) is 18.2 Å². The van der Waals surface area contributed by atoms with Gasteiger partial charge in [-0.1, -0.05) is 19.8 Å². The summed E-state index contributed by atoms with van der Waals surface area (Å²) in [5, 5.41) is 0. The Morgan fingerprint density at radius 3 is 2.88 bits per heavy atom. The minimum Gasteiger partial charge on any atom is -0.377 e. The molecule has 1 aromatic rings. The van der Waals surface area contributed by atoms with E-state index in [1.807, 2.05) is 0 Å². The maximum atomic E-state index is 12.9. The second-order valence-electron chi connectivity index (χ2n) is 3.72. The lowest BCUT2D eigenvalue weighted by atomic mass is 10.1. The summed E-state index contributed by atoms with van der Waals surface area (Å²) in [6.07, 6.45) is 4.00. The molecule has 0 aliphatic rings. The molecule has 88 valence electrons. The molecule has 1 rings (SSSR count). The fourth-order valence-electron chi connectivity index (χ4n) is 1.45. The Morgan fingerprint density at radius 2 is 2.19 bits per heavy atom. The van der Waals surface area contributed by atoms with Crippen LogP contribution in [0.15, 0.2) is 18.2 Å². The second-order valence-corrected chi connectivity index (χ2v) is 3.72. The zero-order valence-corrected chi connectivity index (χ0v) is 9.54. The molecule has 3 heteroatoms. The van der Waals surface area contributed by atoms with Crippen LogP contribution in [0, 0.1) is 5.82 Å². The first-order valence-electron chi connectivity index (χ1n) is 5.59. The quantitative estimate of drug-likeness (QED) is 0.524. The van der Waals surface area contributed by atoms with E-state index < -0.39 is 0 Å². The van der Waals surface area contributed by atoms with Gasteiger partial charge >= 0.3 is 0 Å². The third kappa shape index (κ3) is 4.11. The maximum absolute atomic E-state index is 12.9. The Morgan fingerprint density at radius 1 is 1.38 bits per heavy atom. The molecule has 0 saturated heterocycles. The highest BCUT2D eigenvalue weighted by Gasteiger charge is 2.03. The highest BCUT2D eigenvalue weighted by atomic mass is 19.1. The molecule has 0 radical (unpaired) electrons. The molecule has 0 aliphatic heterocycles. The van der Waals surface area contributed by atoms with Gasteiger partial charge in [0, 0.05) is 12.2 Å². The molecule has 0 aliphatic carbocycles. The molecule has 0 fully saturated rings. The molecule has 16 heavy (non-hydrogen) atoms. The van der Waals surface area contributed by atoms with Crippen molar-refractivity contribution in [1.29, 1.82) is 0 Å². The summed E-state index contributed by atoms with van der Waals surface area (Å²) in [4.78, 5) is 10.7. The third-order valence-electron chi connectivity index (χ3n) is 2.38. The topological polar surface area (TPSA) is 26.3 Å². The van der Waals surface area contributed by atoms with Crippen LogP contribution in [0.1, 0.15) is 42.1 Å². The van der Waals surface area contributed by atoms with Crippen molar-refractivity contribution in [1.82, 2.24) is 0 Å². The van der Waals surface area contributed by atoms with Crippen LogP contribution in [0.4, 0.5) is 4.39 Å². The molecule has 2 nitrogen and oxygen atoms in total. The van der Waals surface area contributed by atoms with Crippen molar-refractivity contribution in [2.45, 2.75) is 32.8 Å². The molecule has 0 bridgehead atoms. The molecule has 0 atom stereocenters. The van der Waals surface area contributed by atoms with E-state index in [0.29, 0.717) is 24.3 Å². The Kier molecular flexibility index (Phi) is 5.72. The SMILES string of the molecule is CCCCCOCc1cc(F)ccc1C=O. The predicted molar refractivity (Wildman–Crippen MR) is 61.0 cm³/mol. The zero-order chi connectivity index (χ0) is 11.8. The molecular formula is C13H17FO2. The molecule has 0 amide bonds. The van der Waals surface area contributed by atoms with E-state index in [9.17, 15) is 9.18 Å². The van der Waals surface area contributed by atoms with Gasteiger partial charge in [0.25, 0.3) is 0 Å². The van der Waals surface area contributed by atoms with E-state index in [-0.39, 0.29) is 5.82 Å². The maximum Gasteiger partial charge on any atom is 0.150 e. The summed E-state index contributed by atoms with van der Waals surface area (Å²) < 4.78 is 18.3. The van der Waals surface area contributed by atoms with Gasteiger partial charge < -0.3 is 4.74 Å². The first kappa shape index (κ1) is 12.8. The van der Waals surface area contributed by atoms with Crippen LogP contribution in [0.3, 0.4) is 0 Å². The monoisotopic (exact) mass is 224 g/mol. The summed E-state index contributed by atoms with van der Waals surface area (Å²) in [5.74, 6) is -0.335. The average Bonchev–Trinajstić information content (AvgIpc) is 2.29. The normalized spacial score (nSPS) is 10.4. The number of unbranched alkanes of at least 4 members (excludes halogenated alkanes) is 2. The Balaban J connectivity index is 2.45. The van der Waals surface area contributed by atoms with Crippen molar-refractivity contribution < 1.29 is 13.9 Å². The third-order valence-corrected chi connectivity index (χ3v) is 2.38. The summed E-state index contributed by atoms with van der Waals surface area (Å²) in [7, 11) is 0. The van der Waals surface area contributed by atoms with Gasteiger partial charge in [0.1, 0.15) is 12.1 Å². The minimum absolute atomic E-state index is 0.301. The van der Waals surface area contributed by atoms with Gasteiger partial charge in [0.15, 0.2) is 0 Å². The van der Waals surface area contributed by atoms with Crippen LogP contribution in [0.25, 0.3) is 0 Å². The summed E-state index contributed by atoms with van der Waals surface area (Å²) in [6, 6.07) is 4.11. The number of carbonyl (C=O) groups is 1. The number of benzene rings is 1. The fourth-order valence-corrected chi connectivity index (χ4v) is 1.45. The number of hydrogen-bond donors (Lipinski definition) is 0. The minimum atomic E-state index is -0.335. The van der Waals surface area contributed by atoms with Crippen LogP contribution in [-0.4, -0.2) is 12.9 Å². The van der Waals surface area contributed by atoms with Crippen molar-refractivity contribution in [3.8, 4) is 0 Å². The van der Waals surface area contributed by atoms with E-state index in [0.717, 1.165) is 25.5 Å². The van der Waals surface area contributed by atoms with Crippen molar-refractivity contribution in [3.63, 3.8) is 0 Å². The van der Waals surface area contributed by atoms with Crippen molar-refractivity contribution >= 4 is 6.29 Å². The zero-order valence-electron chi connectivity index (χ0n) is 9.54. The first-order valence-corrected chi connectivity index (χ1v) is 5.59. The molecule has 0 aromatic heterocycles. The molecule has 1 aromatic carbocycles. The molecule has 0 spiro atoms. The molecule has 0 unspecified atom stereocenters. The highest BCUT2D eigenvalue weighted by Crippen LogP contribution is 2.11. The second kappa shape index (κ2) is 7.12. The van der Waals surface area contributed by atoms with Gasteiger partial charge in [-0.05, 0) is 30.2 Å². The lowest BCUT2D eigenvalue weighted by molar-refractivity contribution is 0.108. The first-order chi connectivity index (χ1) is 7.77. The van der Waals surface area contributed by atoms with Crippen LogP contribution in [0.5, 0.6) is 0 Å². The number of halogens is 1.